The Morgan fingerprint density at radius 1 is 1.09 bits per heavy atom. The molecule has 8 heteroatoms. The summed E-state index contributed by atoms with van der Waals surface area (Å²) in [6.07, 6.45) is 1.60. The molecule has 0 saturated heterocycles. The van der Waals surface area contributed by atoms with E-state index in [1.807, 2.05) is 56.3 Å². The van der Waals surface area contributed by atoms with Crippen molar-refractivity contribution >= 4 is 38.9 Å². The van der Waals surface area contributed by atoms with E-state index in [9.17, 15) is 13.2 Å². The molecule has 0 aromatic heterocycles. The van der Waals surface area contributed by atoms with Crippen molar-refractivity contribution in [1.82, 2.24) is 0 Å². The van der Waals surface area contributed by atoms with Crippen molar-refractivity contribution in [2.75, 3.05) is 22.8 Å². The predicted octanol–water partition coefficient (Wildman–Crippen LogP) is 5.12. The second-order valence-electron chi connectivity index (χ2n) is 8.06. The number of aryl methyl sites for hydroxylation is 3. The molecule has 33 heavy (non-hydrogen) atoms. The van der Waals surface area contributed by atoms with Gasteiger partial charge in [0, 0.05) is 12.2 Å². The number of sulfonamides is 1. The summed E-state index contributed by atoms with van der Waals surface area (Å²) in [5, 5.41) is 2.95. The van der Waals surface area contributed by atoms with Crippen LogP contribution in [0, 0.1) is 13.8 Å². The van der Waals surface area contributed by atoms with Crippen LogP contribution >= 0.6 is 11.6 Å². The molecule has 172 valence electrons. The maximum atomic E-state index is 13.3. The largest absolute Gasteiger partial charge is 0.482 e. The highest BCUT2D eigenvalue weighted by molar-refractivity contribution is 7.92. The molecule has 0 fully saturated rings. The van der Waals surface area contributed by atoms with Crippen LogP contribution in [-0.4, -0.2) is 27.5 Å². The molecular weight excluding hydrogens is 460 g/mol. The number of carbonyl (C=O) groups excluding carboxylic acids is 1. The number of halogens is 1. The van der Waals surface area contributed by atoms with Gasteiger partial charge in [-0.25, -0.2) is 8.42 Å². The lowest BCUT2D eigenvalue weighted by Gasteiger charge is -2.30. The second-order valence-corrected chi connectivity index (χ2v) is 10.3. The third-order valence-electron chi connectivity index (χ3n) is 5.58. The molecule has 1 amide bonds. The monoisotopic (exact) mass is 484 g/mol. The summed E-state index contributed by atoms with van der Waals surface area (Å²) in [5.41, 5.74) is 4.41. The molecule has 0 bridgehead atoms. The summed E-state index contributed by atoms with van der Waals surface area (Å²) in [6, 6.07) is 17.6. The van der Waals surface area contributed by atoms with Crippen LogP contribution < -0.4 is 14.4 Å². The fourth-order valence-corrected chi connectivity index (χ4v) is 5.70. The number of ether oxygens (including phenoxy) is 1. The summed E-state index contributed by atoms with van der Waals surface area (Å²) < 4.78 is 33.6. The highest BCUT2D eigenvalue weighted by atomic mass is 35.5. The Balaban J connectivity index is 1.47. The molecule has 1 heterocycles. The van der Waals surface area contributed by atoms with E-state index in [0.717, 1.165) is 35.2 Å². The number of nitrogens with one attached hydrogen (secondary N) is 1. The smallest absolute Gasteiger partial charge is 0.264 e. The summed E-state index contributed by atoms with van der Waals surface area (Å²) in [5.74, 6) is -0.0906. The van der Waals surface area contributed by atoms with E-state index < -0.39 is 10.0 Å². The van der Waals surface area contributed by atoms with Crippen molar-refractivity contribution in [3.05, 3.63) is 82.4 Å². The molecule has 0 aliphatic carbocycles. The minimum absolute atomic E-state index is 0.0800. The normalized spacial score (nSPS) is 13.4. The molecule has 0 radical (unpaired) electrons. The van der Waals surface area contributed by atoms with Gasteiger partial charge in [0.2, 0.25) is 0 Å². The number of hydrogen-bond donors (Lipinski definition) is 1. The van der Waals surface area contributed by atoms with Crippen LogP contribution in [0.3, 0.4) is 0 Å². The fourth-order valence-electron chi connectivity index (χ4n) is 3.84. The Kier molecular flexibility index (Phi) is 6.63. The van der Waals surface area contributed by atoms with Crippen LogP contribution in [0.1, 0.15) is 23.1 Å². The summed E-state index contributed by atoms with van der Waals surface area (Å²) in [7, 11) is -3.78. The van der Waals surface area contributed by atoms with Crippen molar-refractivity contribution in [2.24, 2.45) is 0 Å². The molecule has 4 rings (SSSR count). The highest BCUT2D eigenvalue weighted by Crippen LogP contribution is 2.34. The first kappa shape index (κ1) is 23.1. The zero-order valence-electron chi connectivity index (χ0n) is 18.5. The third-order valence-corrected chi connectivity index (χ3v) is 7.69. The van der Waals surface area contributed by atoms with Gasteiger partial charge < -0.3 is 10.1 Å². The Bertz CT molecular complexity index is 1310. The van der Waals surface area contributed by atoms with Crippen molar-refractivity contribution in [2.45, 2.75) is 31.6 Å². The molecule has 3 aromatic carbocycles. The van der Waals surface area contributed by atoms with Gasteiger partial charge in [-0.2, -0.15) is 0 Å². The SMILES string of the molecule is Cc1ccc(C)c(NC(=O)COc2ccc(S(=O)(=O)N3CCCc4ccccc43)cc2Cl)c1. The second kappa shape index (κ2) is 9.45. The van der Waals surface area contributed by atoms with Crippen LogP contribution in [0.5, 0.6) is 5.75 Å². The van der Waals surface area contributed by atoms with Crippen LogP contribution in [0.25, 0.3) is 0 Å². The summed E-state index contributed by atoms with van der Waals surface area (Å²) in [6.45, 7) is 4.02. The number of carbonyl (C=O) groups is 1. The number of para-hydroxylation sites is 1. The number of nitrogens with zero attached hydrogens (tertiary/aromatic N) is 1. The fraction of sp³-hybridized carbons (Fsp3) is 0.240. The molecule has 0 spiro atoms. The van der Waals surface area contributed by atoms with E-state index in [-0.39, 0.29) is 28.2 Å². The third kappa shape index (κ3) is 4.99. The number of rotatable bonds is 6. The molecule has 0 saturated carbocycles. The first-order valence-electron chi connectivity index (χ1n) is 10.7. The zero-order valence-corrected chi connectivity index (χ0v) is 20.0. The number of anilines is 2. The highest BCUT2D eigenvalue weighted by Gasteiger charge is 2.29. The van der Waals surface area contributed by atoms with Crippen LogP contribution in [-0.2, 0) is 21.2 Å². The van der Waals surface area contributed by atoms with Gasteiger partial charge in [0.1, 0.15) is 5.75 Å². The molecule has 1 N–H and O–H groups in total. The van der Waals surface area contributed by atoms with Gasteiger partial charge in [0.15, 0.2) is 6.61 Å². The van der Waals surface area contributed by atoms with E-state index in [1.54, 1.807) is 0 Å². The topological polar surface area (TPSA) is 75.7 Å². The van der Waals surface area contributed by atoms with Crippen LogP contribution in [0.2, 0.25) is 5.02 Å². The van der Waals surface area contributed by atoms with E-state index in [0.29, 0.717) is 12.2 Å². The van der Waals surface area contributed by atoms with Gasteiger partial charge in [-0.15, -0.1) is 0 Å². The van der Waals surface area contributed by atoms with Crippen molar-refractivity contribution in [3.8, 4) is 5.75 Å². The molecule has 1 aliphatic rings. The lowest BCUT2D eigenvalue weighted by molar-refractivity contribution is -0.118. The predicted molar refractivity (Wildman–Crippen MR) is 131 cm³/mol. The molecular formula is C25H25ClN2O4S. The minimum atomic E-state index is -3.78. The minimum Gasteiger partial charge on any atom is -0.482 e. The van der Waals surface area contributed by atoms with Crippen LogP contribution in [0.4, 0.5) is 11.4 Å². The first-order valence-corrected chi connectivity index (χ1v) is 12.5. The molecule has 6 nitrogen and oxygen atoms in total. The van der Waals surface area contributed by atoms with E-state index in [1.165, 1.54) is 22.5 Å². The lowest BCUT2D eigenvalue weighted by atomic mass is 10.0. The van der Waals surface area contributed by atoms with Crippen molar-refractivity contribution in [1.29, 1.82) is 0 Å². The lowest BCUT2D eigenvalue weighted by Crippen LogP contribution is -2.35. The number of hydrogen-bond acceptors (Lipinski definition) is 4. The van der Waals surface area contributed by atoms with Gasteiger partial charge in [-0.05, 0) is 73.7 Å². The molecule has 0 unspecified atom stereocenters. The first-order chi connectivity index (χ1) is 15.8. The quantitative estimate of drug-likeness (QED) is 0.527. The van der Waals surface area contributed by atoms with E-state index in [2.05, 4.69) is 5.32 Å². The van der Waals surface area contributed by atoms with Crippen LogP contribution in [0.15, 0.2) is 65.6 Å². The van der Waals surface area contributed by atoms with Gasteiger partial charge in [0.25, 0.3) is 15.9 Å². The van der Waals surface area contributed by atoms with Gasteiger partial charge in [-0.1, -0.05) is 41.9 Å². The van der Waals surface area contributed by atoms with E-state index in [4.69, 9.17) is 16.3 Å². The van der Waals surface area contributed by atoms with Crippen molar-refractivity contribution < 1.29 is 17.9 Å². The number of amides is 1. The summed E-state index contributed by atoms with van der Waals surface area (Å²) >= 11 is 6.32. The molecule has 3 aromatic rings. The molecule has 0 atom stereocenters. The number of fused-ring (bicyclic) bond motifs is 1. The average molecular weight is 485 g/mol. The van der Waals surface area contributed by atoms with Gasteiger partial charge >= 0.3 is 0 Å². The standard InChI is InChI=1S/C25H25ClN2O4S/c1-17-9-10-18(2)22(14-17)27-25(29)16-32-24-12-11-20(15-21(24)26)33(30,31)28-13-5-7-19-6-3-4-8-23(19)28/h3-4,6,8-12,14-15H,5,7,13,16H2,1-2H3,(H,27,29). The van der Waals surface area contributed by atoms with Crippen molar-refractivity contribution in [3.63, 3.8) is 0 Å². The zero-order chi connectivity index (χ0) is 23.6. The Hall–Kier alpha value is -3.03. The van der Waals surface area contributed by atoms with Gasteiger partial charge in [-0.3, -0.25) is 9.10 Å². The maximum Gasteiger partial charge on any atom is 0.264 e. The Morgan fingerprint density at radius 2 is 1.88 bits per heavy atom. The Labute approximate surface area is 199 Å². The maximum absolute atomic E-state index is 13.3. The average Bonchev–Trinajstić information content (AvgIpc) is 2.80. The van der Waals surface area contributed by atoms with E-state index >= 15 is 0 Å². The summed E-state index contributed by atoms with van der Waals surface area (Å²) in [4.78, 5) is 12.4. The number of benzene rings is 3. The van der Waals surface area contributed by atoms with Gasteiger partial charge in [0.05, 0.1) is 15.6 Å². The Morgan fingerprint density at radius 3 is 2.67 bits per heavy atom. The molecule has 1 aliphatic heterocycles.